The first-order chi connectivity index (χ1) is 12.6. The fraction of sp³-hybridized carbons (Fsp3) is 0.474. The fourth-order valence-electron chi connectivity index (χ4n) is 2.93. The molecule has 0 amide bonds. The highest BCUT2D eigenvalue weighted by Gasteiger charge is 2.11. The zero-order chi connectivity index (χ0) is 18.4. The molecule has 1 saturated heterocycles. The van der Waals surface area contributed by atoms with E-state index in [0.29, 0.717) is 17.3 Å². The number of nitrogens with zero attached hydrogens (tertiary/aromatic N) is 3. The Balaban J connectivity index is 1.55. The Bertz CT molecular complexity index is 730. The number of ether oxygens (including phenoxy) is 1. The number of nitrogens with one attached hydrogen (secondary N) is 2. The first kappa shape index (κ1) is 18.4. The maximum atomic E-state index is 6.25. The topological polar surface area (TPSA) is 88.3 Å². The summed E-state index contributed by atoms with van der Waals surface area (Å²) in [6.45, 7) is 9.75. The van der Waals surface area contributed by atoms with E-state index in [0.717, 1.165) is 51.5 Å². The monoisotopic (exact) mass is 356 g/mol. The molecule has 0 atom stereocenters. The summed E-state index contributed by atoms with van der Waals surface area (Å²) >= 11 is 0. The lowest BCUT2D eigenvalue weighted by atomic mass is 10.1. The molecule has 2 heterocycles. The predicted octanol–water partition coefficient (Wildman–Crippen LogP) is 2.55. The van der Waals surface area contributed by atoms with Gasteiger partial charge in [0.15, 0.2) is 11.6 Å². The molecule has 1 aliphatic heterocycles. The van der Waals surface area contributed by atoms with Crippen LogP contribution in [-0.4, -0.2) is 54.3 Å². The second kappa shape index (κ2) is 8.82. The van der Waals surface area contributed by atoms with Crippen molar-refractivity contribution in [1.82, 2.24) is 14.9 Å². The Morgan fingerprint density at radius 1 is 1.12 bits per heavy atom. The van der Waals surface area contributed by atoms with Crippen LogP contribution in [0.2, 0.25) is 0 Å². The molecule has 26 heavy (non-hydrogen) atoms. The SMILES string of the molecule is Cc1ccc(Nc2ncnc(NCCCN3CCOCC3)c2N)cc1C. The van der Waals surface area contributed by atoms with Gasteiger partial charge in [0.05, 0.1) is 13.2 Å². The highest BCUT2D eigenvalue weighted by atomic mass is 16.5. The van der Waals surface area contributed by atoms with Crippen molar-refractivity contribution in [2.45, 2.75) is 20.3 Å². The molecule has 0 saturated carbocycles. The van der Waals surface area contributed by atoms with Gasteiger partial charge in [-0.25, -0.2) is 9.97 Å². The van der Waals surface area contributed by atoms with E-state index in [9.17, 15) is 0 Å². The summed E-state index contributed by atoms with van der Waals surface area (Å²) in [5.74, 6) is 1.30. The van der Waals surface area contributed by atoms with Gasteiger partial charge in [0.25, 0.3) is 0 Å². The van der Waals surface area contributed by atoms with Crippen molar-refractivity contribution < 1.29 is 4.74 Å². The van der Waals surface area contributed by atoms with Crippen LogP contribution in [0.15, 0.2) is 24.5 Å². The van der Waals surface area contributed by atoms with Crippen LogP contribution in [-0.2, 0) is 4.74 Å². The van der Waals surface area contributed by atoms with Crippen molar-refractivity contribution in [3.8, 4) is 0 Å². The van der Waals surface area contributed by atoms with Crippen LogP contribution in [0, 0.1) is 13.8 Å². The van der Waals surface area contributed by atoms with Crippen molar-refractivity contribution in [1.29, 1.82) is 0 Å². The molecule has 1 aliphatic rings. The van der Waals surface area contributed by atoms with Gasteiger partial charge in [0, 0.05) is 25.3 Å². The van der Waals surface area contributed by atoms with Crippen molar-refractivity contribution in [2.75, 3.05) is 55.8 Å². The number of morpholine rings is 1. The van der Waals surface area contributed by atoms with Crippen LogP contribution >= 0.6 is 0 Å². The van der Waals surface area contributed by atoms with Gasteiger partial charge in [-0.05, 0) is 50.1 Å². The van der Waals surface area contributed by atoms with Gasteiger partial charge >= 0.3 is 0 Å². The third-order valence-electron chi connectivity index (χ3n) is 4.70. The van der Waals surface area contributed by atoms with Crippen molar-refractivity contribution in [3.63, 3.8) is 0 Å². The molecule has 0 bridgehead atoms. The molecule has 3 rings (SSSR count). The van der Waals surface area contributed by atoms with E-state index in [1.165, 1.54) is 17.5 Å². The van der Waals surface area contributed by atoms with Gasteiger partial charge in [0.1, 0.15) is 12.0 Å². The lowest BCUT2D eigenvalue weighted by Crippen LogP contribution is -2.37. The maximum Gasteiger partial charge on any atom is 0.159 e. The summed E-state index contributed by atoms with van der Waals surface area (Å²) in [7, 11) is 0. The molecule has 4 N–H and O–H groups in total. The van der Waals surface area contributed by atoms with Crippen molar-refractivity contribution in [2.24, 2.45) is 0 Å². The van der Waals surface area contributed by atoms with Crippen LogP contribution < -0.4 is 16.4 Å². The summed E-state index contributed by atoms with van der Waals surface area (Å²) in [4.78, 5) is 11.0. The highest BCUT2D eigenvalue weighted by molar-refractivity contribution is 5.77. The first-order valence-electron chi connectivity index (χ1n) is 9.12. The molecule has 1 aromatic heterocycles. The van der Waals surface area contributed by atoms with Gasteiger partial charge in [-0.1, -0.05) is 6.07 Å². The van der Waals surface area contributed by atoms with Gasteiger partial charge in [0.2, 0.25) is 0 Å². The number of benzene rings is 1. The quantitative estimate of drug-likeness (QED) is 0.657. The molecule has 1 aromatic carbocycles. The average molecular weight is 356 g/mol. The predicted molar refractivity (Wildman–Crippen MR) is 106 cm³/mol. The molecule has 0 radical (unpaired) electrons. The summed E-state index contributed by atoms with van der Waals surface area (Å²) in [5, 5.41) is 6.61. The Labute approximate surface area is 155 Å². The highest BCUT2D eigenvalue weighted by Crippen LogP contribution is 2.26. The van der Waals surface area contributed by atoms with E-state index in [1.807, 2.05) is 6.07 Å². The Kier molecular flexibility index (Phi) is 6.25. The normalized spacial score (nSPS) is 15.0. The van der Waals surface area contributed by atoms with E-state index < -0.39 is 0 Å². The zero-order valence-corrected chi connectivity index (χ0v) is 15.6. The summed E-state index contributed by atoms with van der Waals surface area (Å²) < 4.78 is 5.37. The molecule has 0 unspecified atom stereocenters. The average Bonchev–Trinajstić information content (AvgIpc) is 2.65. The minimum atomic E-state index is 0.539. The summed E-state index contributed by atoms with van der Waals surface area (Å²) in [6, 6.07) is 6.20. The molecule has 0 spiro atoms. The summed E-state index contributed by atoms with van der Waals surface area (Å²) in [5.41, 5.74) is 10.2. The van der Waals surface area contributed by atoms with Crippen LogP contribution in [0.3, 0.4) is 0 Å². The molecule has 7 nitrogen and oxygen atoms in total. The number of anilines is 4. The van der Waals surface area contributed by atoms with E-state index in [1.54, 1.807) is 0 Å². The number of aryl methyl sites for hydroxylation is 2. The number of rotatable bonds is 7. The standard InChI is InChI=1S/C19H28N6O/c1-14-4-5-16(12-15(14)2)24-19-17(20)18(22-13-23-19)21-6-3-7-25-8-10-26-11-9-25/h4-5,12-13H,3,6-11,20H2,1-2H3,(H2,21,22,23,24). The molecule has 140 valence electrons. The zero-order valence-electron chi connectivity index (χ0n) is 15.6. The molecule has 1 fully saturated rings. The minimum Gasteiger partial charge on any atom is -0.393 e. The minimum absolute atomic E-state index is 0.539. The molecular formula is C19H28N6O. The molecule has 0 aliphatic carbocycles. The van der Waals surface area contributed by atoms with Crippen molar-refractivity contribution in [3.05, 3.63) is 35.7 Å². The molecule has 7 heteroatoms. The van der Waals surface area contributed by atoms with Crippen LogP contribution in [0.4, 0.5) is 23.0 Å². The third kappa shape index (κ3) is 4.83. The van der Waals surface area contributed by atoms with E-state index >= 15 is 0 Å². The second-order valence-electron chi connectivity index (χ2n) is 6.64. The van der Waals surface area contributed by atoms with Crippen LogP contribution in [0.5, 0.6) is 0 Å². The Morgan fingerprint density at radius 2 is 1.88 bits per heavy atom. The lowest BCUT2D eigenvalue weighted by molar-refractivity contribution is 0.0378. The maximum absolute atomic E-state index is 6.25. The van der Waals surface area contributed by atoms with Gasteiger partial charge in [-0.2, -0.15) is 0 Å². The second-order valence-corrected chi connectivity index (χ2v) is 6.64. The number of aromatic nitrogens is 2. The number of hydrogen-bond donors (Lipinski definition) is 3. The molecular weight excluding hydrogens is 328 g/mol. The lowest BCUT2D eigenvalue weighted by Gasteiger charge is -2.26. The largest absolute Gasteiger partial charge is 0.393 e. The summed E-state index contributed by atoms with van der Waals surface area (Å²) in [6.07, 6.45) is 2.56. The van der Waals surface area contributed by atoms with Gasteiger partial charge < -0.3 is 21.1 Å². The number of nitrogen functional groups attached to an aromatic ring is 1. The van der Waals surface area contributed by atoms with E-state index in [2.05, 4.69) is 51.5 Å². The molecule has 2 aromatic rings. The number of hydrogen-bond acceptors (Lipinski definition) is 7. The van der Waals surface area contributed by atoms with Gasteiger partial charge in [-0.3, -0.25) is 4.90 Å². The Morgan fingerprint density at radius 3 is 2.65 bits per heavy atom. The Hall–Kier alpha value is -2.38. The fourth-order valence-corrected chi connectivity index (χ4v) is 2.93. The van der Waals surface area contributed by atoms with Crippen LogP contribution in [0.1, 0.15) is 17.5 Å². The van der Waals surface area contributed by atoms with Crippen molar-refractivity contribution >= 4 is 23.0 Å². The smallest absolute Gasteiger partial charge is 0.159 e. The van der Waals surface area contributed by atoms with Crippen LogP contribution in [0.25, 0.3) is 0 Å². The number of nitrogens with two attached hydrogens (primary N) is 1. The van der Waals surface area contributed by atoms with E-state index in [-0.39, 0.29) is 0 Å². The first-order valence-corrected chi connectivity index (χ1v) is 9.12. The van der Waals surface area contributed by atoms with Gasteiger partial charge in [-0.15, -0.1) is 0 Å². The third-order valence-corrected chi connectivity index (χ3v) is 4.70. The van der Waals surface area contributed by atoms with E-state index in [4.69, 9.17) is 10.5 Å².